The lowest BCUT2D eigenvalue weighted by molar-refractivity contribution is -0.00516. The van der Waals surface area contributed by atoms with E-state index in [4.69, 9.17) is 4.42 Å². The number of rotatable bonds is 1. The van der Waals surface area contributed by atoms with E-state index in [1.54, 1.807) is 0 Å². The summed E-state index contributed by atoms with van der Waals surface area (Å²) in [4.78, 5) is 4.57. The molecule has 2 nitrogen and oxygen atoms in total. The highest BCUT2D eigenvalue weighted by molar-refractivity contribution is 9.10. The SMILES string of the molecule is Cc1nc2cc(C34CC5CC(CC(C5)C3)C4)cc(Br)c2o1. The van der Waals surface area contributed by atoms with Gasteiger partial charge in [-0.3, -0.25) is 0 Å². The van der Waals surface area contributed by atoms with Gasteiger partial charge in [0, 0.05) is 6.92 Å². The monoisotopic (exact) mass is 345 g/mol. The summed E-state index contributed by atoms with van der Waals surface area (Å²) in [6.07, 6.45) is 8.67. The molecule has 21 heavy (non-hydrogen) atoms. The second kappa shape index (κ2) is 4.13. The number of halogens is 1. The van der Waals surface area contributed by atoms with E-state index >= 15 is 0 Å². The van der Waals surface area contributed by atoms with E-state index in [0.717, 1.165) is 39.2 Å². The van der Waals surface area contributed by atoms with Crippen LogP contribution in [0.5, 0.6) is 0 Å². The number of oxazole rings is 1. The molecule has 0 aliphatic heterocycles. The first-order chi connectivity index (χ1) is 10.1. The second-order valence-corrected chi connectivity index (χ2v) is 8.59. The summed E-state index contributed by atoms with van der Waals surface area (Å²) >= 11 is 3.71. The average molecular weight is 346 g/mol. The van der Waals surface area contributed by atoms with Crippen molar-refractivity contribution in [1.82, 2.24) is 4.98 Å². The minimum atomic E-state index is 0.429. The van der Waals surface area contributed by atoms with Gasteiger partial charge in [-0.05, 0) is 95.3 Å². The zero-order valence-electron chi connectivity index (χ0n) is 12.4. The van der Waals surface area contributed by atoms with Crippen LogP contribution in [0.2, 0.25) is 0 Å². The van der Waals surface area contributed by atoms with E-state index in [0.29, 0.717) is 5.41 Å². The fourth-order valence-corrected chi connectivity index (χ4v) is 6.40. The molecule has 1 aromatic carbocycles. The Bertz CT molecular complexity index is 697. The lowest BCUT2D eigenvalue weighted by Crippen LogP contribution is -2.48. The first kappa shape index (κ1) is 12.7. The van der Waals surface area contributed by atoms with Crippen LogP contribution in [0.25, 0.3) is 11.1 Å². The van der Waals surface area contributed by atoms with Gasteiger partial charge in [0.25, 0.3) is 0 Å². The van der Waals surface area contributed by atoms with Gasteiger partial charge in [-0.25, -0.2) is 4.98 Å². The van der Waals surface area contributed by atoms with E-state index in [9.17, 15) is 0 Å². The first-order valence-corrected chi connectivity index (χ1v) is 8.98. The zero-order valence-corrected chi connectivity index (χ0v) is 13.9. The number of hydrogen-bond donors (Lipinski definition) is 0. The van der Waals surface area contributed by atoms with Crippen molar-refractivity contribution in [2.45, 2.75) is 50.9 Å². The number of aromatic nitrogens is 1. The van der Waals surface area contributed by atoms with E-state index < -0.39 is 0 Å². The van der Waals surface area contributed by atoms with Crippen molar-refractivity contribution in [3.05, 3.63) is 28.1 Å². The van der Waals surface area contributed by atoms with Crippen molar-refractivity contribution in [2.24, 2.45) is 17.8 Å². The van der Waals surface area contributed by atoms with Gasteiger partial charge in [-0.1, -0.05) is 0 Å². The summed E-state index contributed by atoms with van der Waals surface area (Å²) in [6, 6.07) is 4.63. The smallest absolute Gasteiger partial charge is 0.192 e. The van der Waals surface area contributed by atoms with Crippen LogP contribution in [0.15, 0.2) is 21.0 Å². The Balaban J connectivity index is 1.66. The van der Waals surface area contributed by atoms with Gasteiger partial charge in [0.15, 0.2) is 11.5 Å². The fourth-order valence-electron chi connectivity index (χ4n) is 5.87. The molecule has 6 rings (SSSR count). The van der Waals surface area contributed by atoms with Crippen molar-refractivity contribution >= 4 is 27.0 Å². The van der Waals surface area contributed by atoms with E-state index in [2.05, 4.69) is 33.0 Å². The van der Waals surface area contributed by atoms with E-state index in [1.165, 1.54) is 44.1 Å². The maximum atomic E-state index is 5.71. The summed E-state index contributed by atoms with van der Waals surface area (Å²) in [7, 11) is 0. The summed E-state index contributed by atoms with van der Waals surface area (Å²) in [6.45, 7) is 1.93. The molecule has 110 valence electrons. The van der Waals surface area contributed by atoms with Crippen molar-refractivity contribution in [1.29, 1.82) is 0 Å². The normalized spacial score (nSPS) is 37.5. The molecule has 4 aliphatic carbocycles. The Labute approximate surface area is 133 Å². The third-order valence-corrected chi connectivity index (χ3v) is 6.79. The van der Waals surface area contributed by atoms with Crippen molar-refractivity contribution in [3.63, 3.8) is 0 Å². The maximum absolute atomic E-state index is 5.71. The summed E-state index contributed by atoms with van der Waals surface area (Å²) in [5.41, 5.74) is 3.86. The number of benzene rings is 1. The molecule has 0 N–H and O–H groups in total. The maximum Gasteiger partial charge on any atom is 0.192 e. The molecule has 4 aliphatic rings. The van der Waals surface area contributed by atoms with Crippen LogP contribution in [0.3, 0.4) is 0 Å². The third-order valence-electron chi connectivity index (χ3n) is 6.20. The highest BCUT2D eigenvalue weighted by Crippen LogP contribution is 2.61. The van der Waals surface area contributed by atoms with Crippen LogP contribution in [-0.2, 0) is 5.41 Å². The van der Waals surface area contributed by atoms with Crippen LogP contribution < -0.4 is 0 Å². The largest absolute Gasteiger partial charge is 0.440 e. The Kier molecular flexibility index (Phi) is 2.49. The highest BCUT2D eigenvalue weighted by atomic mass is 79.9. The minimum Gasteiger partial charge on any atom is -0.440 e. The standard InChI is InChI=1S/C18H20BrNO/c1-10-20-16-6-14(5-15(19)17(16)21-10)18-7-11-2-12(8-18)4-13(3-11)9-18/h5-6,11-13H,2-4,7-9H2,1H3. The molecule has 4 bridgehead atoms. The molecule has 0 radical (unpaired) electrons. The number of hydrogen-bond acceptors (Lipinski definition) is 2. The van der Waals surface area contributed by atoms with E-state index in [1.807, 2.05) is 6.92 Å². The van der Waals surface area contributed by atoms with E-state index in [-0.39, 0.29) is 0 Å². The molecule has 1 aromatic heterocycles. The van der Waals surface area contributed by atoms with Crippen LogP contribution in [0, 0.1) is 24.7 Å². The van der Waals surface area contributed by atoms with Crippen LogP contribution in [0.4, 0.5) is 0 Å². The van der Waals surface area contributed by atoms with Crippen LogP contribution in [-0.4, -0.2) is 4.98 Å². The Morgan fingerprint density at radius 3 is 2.33 bits per heavy atom. The van der Waals surface area contributed by atoms with Crippen LogP contribution >= 0.6 is 15.9 Å². The third kappa shape index (κ3) is 1.79. The molecule has 0 atom stereocenters. The fraction of sp³-hybridized carbons (Fsp3) is 0.611. The number of nitrogens with zero attached hydrogens (tertiary/aromatic N) is 1. The lowest BCUT2D eigenvalue weighted by Gasteiger charge is -2.57. The predicted molar refractivity (Wildman–Crippen MR) is 86.3 cm³/mol. The minimum absolute atomic E-state index is 0.429. The van der Waals surface area contributed by atoms with Gasteiger partial charge in [0.2, 0.25) is 0 Å². The molecular weight excluding hydrogens is 326 g/mol. The van der Waals surface area contributed by atoms with Gasteiger partial charge in [0.1, 0.15) is 5.52 Å². The molecule has 3 heteroatoms. The molecule has 0 unspecified atom stereocenters. The quantitative estimate of drug-likeness (QED) is 0.694. The van der Waals surface area contributed by atoms with Gasteiger partial charge in [-0.15, -0.1) is 0 Å². The van der Waals surface area contributed by atoms with Gasteiger partial charge >= 0.3 is 0 Å². The molecule has 0 amide bonds. The van der Waals surface area contributed by atoms with Crippen molar-refractivity contribution in [3.8, 4) is 0 Å². The number of fused-ring (bicyclic) bond motifs is 1. The first-order valence-electron chi connectivity index (χ1n) is 8.18. The Morgan fingerprint density at radius 1 is 1.10 bits per heavy atom. The molecule has 4 saturated carbocycles. The number of aryl methyl sites for hydroxylation is 1. The highest BCUT2D eigenvalue weighted by Gasteiger charge is 2.51. The molecular formula is C18H20BrNO. The predicted octanol–water partition coefficient (Wildman–Crippen LogP) is 5.37. The van der Waals surface area contributed by atoms with Crippen LogP contribution in [0.1, 0.15) is 50.0 Å². The van der Waals surface area contributed by atoms with Gasteiger partial charge in [0.05, 0.1) is 4.47 Å². The molecule has 4 fully saturated rings. The Hall–Kier alpha value is -0.830. The topological polar surface area (TPSA) is 26.0 Å². The lowest BCUT2D eigenvalue weighted by atomic mass is 9.48. The van der Waals surface area contributed by atoms with Crippen molar-refractivity contribution in [2.75, 3.05) is 0 Å². The summed E-state index contributed by atoms with van der Waals surface area (Å²) < 4.78 is 6.79. The summed E-state index contributed by atoms with van der Waals surface area (Å²) in [5.74, 6) is 3.69. The van der Waals surface area contributed by atoms with Crippen molar-refractivity contribution < 1.29 is 4.42 Å². The average Bonchev–Trinajstić information content (AvgIpc) is 2.78. The zero-order chi connectivity index (χ0) is 14.2. The molecule has 1 heterocycles. The second-order valence-electron chi connectivity index (χ2n) is 7.74. The van der Waals surface area contributed by atoms with Gasteiger partial charge < -0.3 is 4.42 Å². The summed E-state index contributed by atoms with van der Waals surface area (Å²) in [5, 5.41) is 0. The molecule has 0 spiro atoms. The van der Waals surface area contributed by atoms with Gasteiger partial charge in [-0.2, -0.15) is 0 Å². The Morgan fingerprint density at radius 2 is 1.71 bits per heavy atom. The molecule has 2 aromatic rings. The molecule has 0 saturated heterocycles.